The van der Waals surface area contributed by atoms with Crippen LogP contribution >= 0.6 is 0 Å². The number of hydrogen-bond acceptors (Lipinski definition) is 3. The predicted octanol–water partition coefficient (Wildman–Crippen LogP) is 0.374. The van der Waals surface area contributed by atoms with E-state index in [1.54, 1.807) is 0 Å². The van der Waals surface area contributed by atoms with Gasteiger partial charge in [0.1, 0.15) is 0 Å². The molecule has 0 saturated carbocycles. The van der Waals surface area contributed by atoms with Gasteiger partial charge in [-0.1, -0.05) is 0 Å². The molecule has 1 atom stereocenters. The first-order valence-corrected chi connectivity index (χ1v) is 5.88. The summed E-state index contributed by atoms with van der Waals surface area (Å²) in [7, 11) is 4.54. The molecule has 2 heterocycles. The summed E-state index contributed by atoms with van der Waals surface area (Å²) in [6.07, 6.45) is 4.04. The third-order valence-corrected chi connectivity index (χ3v) is 3.87. The highest BCUT2D eigenvalue weighted by atomic mass is 15.2. The van der Waals surface area contributed by atoms with Gasteiger partial charge < -0.3 is 10.2 Å². The van der Waals surface area contributed by atoms with Crippen molar-refractivity contribution >= 4 is 0 Å². The average Bonchev–Trinajstić information content (AvgIpc) is 2.71. The molecule has 1 unspecified atom stereocenters. The van der Waals surface area contributed by atoms with Crippen LogP contribution in [0.3, 0.4) is 0 Å². The monoisotopic (exact) mass is 197 g/mol. The molecule has 2 aliphatic rings. The van der Waals surface area contributed by atoms with Gasteiger partial charge in [-0.15, -0.1) is 0 Å². The second-order valence-corrected chi connectivity index (χ2v) is 4.85. The van der Waals surface area contributed by atoms with Gasteiger partial charge in [0.2, 0.25) is 0 Å². The molecule has 1 N–H and O–H groups in total. The van der Waals surface area contributed by atoms with Crippen molar-refractivity contribution in [2.24, 2.45) is 0 Å². The third-order valence-electron chi connectivity index (χ3n) is 3.87. The van der Waals surface area contributed by atoms with Crippen LogP contribution in [0.2, 0.25) is 0 Å². The standard InChI is InChI=1S/C11H23N3/c1-13-7-4-10(5-8-13)14(2)11-3-6-12-9-11/h10-12H,3-9H2,1-2H3. The molecular formula is C11H23N3. The normalized spacial score (nSPS) is 31.5. The summed E-state index contributed by atoms with van der Waals surface area (Å²) >= 11 is 0. The molecular weight excluding hydrogens is 174 g/mol. The third kappa shape index (κ3) is 2.27. The van der Waals surface area contributed by atoms with Crippen molar-refractivity contribution in [3.8, 4) is 0 Å². The molecule has 0 aliphatic carbocycles. The number of likely N-dealkylation sites (N-methyl/N-ethyl adjacent to an activating group) is 1. The van der Waals surface area contributed by atoms with Crippen molar-refractivity contribution in [3.05, 3.63) is 0 Å². The van der Waals surface area contributed by atoms with E-state index >= 15 is 0 Å². The second kappa shape index (κ2) is 4.60. The SMILES string of the molecule is CN1CCC(N(C)C2CCNC2)CC1. The topological polar surface area (TPSA) is 18.5 Å². The minimum atomic E-state index is 0.795. The zero-order valence-corrected chi connectivity index (χ0v) is 9.50. The fraction of sp³-hybridized carbons (Fsp3) is 1.00. The van der Waals surface area contributed by atoms with Gasteiger partial charge in [0.15, 0.2) is 0 Å². The Labute approximate surface area is 87.4 Å². The lowest BCUT2D eigenvalue weighted by atomic mass is 10.0. The molecule has 3 heteroatoms. The lowest BCUT2D eigenvalue weighted by Gasteiger charge is -2.38. The minimum absolute atomic E-state index is 0.795. The molecule has 0 amide bonds. The van der Waals surface area contributed by atoms with Gasteiger partial charge in [0.05, 0.1) is 0 Å². The summed E-state index contributed by atoms with van der Waals surface area (Å²) in [5.74, 6) is 0. The van der Waals surface area contributed by atoms with Gasteiger partial charge in [-0.25, -0.2) is 0 Å². The van der Waals surface area contributed by atoms with Gasteiger partial charge in [0, 0.05) is 18.6 Å². The highest BCUT2D eigenvalue weighted by Gasteiger charge is 2.27. The first-order valence-electron chi connectivity index (χ1n) is 5.88. The van der Waals surface area contributed by atoms with E-state index in [-0.39, 0.29) is 0 Å². The Morgan fingerprint density at radius 1 is 1.14 bits per heavy atom. The number of nitrogens with zero attached hydrogens (tertiary/aromatic N) is 2. The smallest absolute Gasteiger partial charge is 0.0232 e. The largest absolute Gasteiger partial charge is 0.315 e. The Morgan fingerprint density at radius 3 is 2.43 bits per heavy atom. The Bertz CT molecular complexity index is 169. The maximum Gasteiger partial charge on any atom is 0.0232 e. The first-order chi connectivity index (χ1) is 6.77. The van der Waals surface area contributed by atoms with Gasteiger partial charge in [-0.05, 0) is 53.0 Å². The van der Waals surface area contributed by atoms with Gasteiger partial charge >= 0.3 is 0 Å². The van der Waals surface area contributed by atoms with E-state index < -0.39 is 0 Å². The molecule has 2 saturated heterocycles. The van der Waals surface area contributed by atoms with Crippen molar-refractivity contribution in [1.82, 2.24) is 15.1 Å². The molecule has 82 valence electrons. The summed E-state index contributed by atoms with van der Waals surface area (Å²) in [4.78, 5) is 5.06. The summed E-state index contributed by atoms with van der Waals surface area (Å²) in [6.45, 7) is 4.95. The van der Waals surface area contributed by atoms with Crippen molar-refractivity contribution in [2.45, 2.75) is 31.3 Å². The lowest BCUT2D eigenvalue weighted by molar-refractivity contribution is 0.114. The van der Waals surface area contributed by atoms with Crippen LogP contribution in [0.4, 0.5) is 0 Å². The van der Waals surface area contributed by atoms with Gasteiger partial charge in [0.25, 0.3) is 0 Å². The maximum absolute atomic E-state index is 3.45. The Balaban J connectivity index is 1.82. The number of hydrogen-bond donors (Lipinski definition) is 1. The van der Waals surface area contributed by atoms with E-state index in [0.717, 1.165) is 12.1 Å². The van der Waals surface area contributed by atoms with Crippen LogP contribution in [0.5, 0.6) is 0 Å². The summed E-state index contributed by atoms with van der Waals surface area (Å²) < 4.78 is 0. The van der Waals surface area contributed by atoms with Crippen LogP contribution in [0.15, 0.2) is 0 Å². The van der Waals surface area contributed by atoms with Crippen molar-refractivity contribution < 1.29 is 0 Å². The van der Waals surface area contributed by atoms with Crippen molar-refractivity contribution in [2.75, 3.05) is 40.3 Å². The summed E-state index contributed by atoms with van der Waals surface area (Å²) in [5, 5.41) is 3.45. The van der Waals surface area contributed by atoms with Crippen LogP contribution < -0.4 is 5.32 Å². The summed E-state index contributed by atoms with van der Waals surface area (Å²) in [5.41, 5.74) is 0. The molecule has 0 radical (unpaired) electrons. The molecule has 0 aromatic heterocycles. The molecule has 2 rings (SSSR count). The van der Waals surface area contributed by atoms with Crippen LogP contribution in [0.25, 0.3) is 0 Å². The molecule has 0 aromatic rings. The lowest BCUT2D eigenvalue weighted by Crippen LogP contribution is -2.46. The molecule has 0 spiro atoms. The number of rotatable bonds is 2. The van der Waals surface area contributed by atoms with E-state index in [2.05, 4.69) is 29.2 Å². The Kier molecular flexibility index (Phi) is 3.42. The van der Waals surface area contributed by atoms with Gasteiger partial charge in [-0.2, -0.15) is 0 Å². The molecule has 3 nitrogen and oxygen atoms in total. The quantitative estimate of drug-likeness (QED) is 0.690. The average molecular weight is 197 g/mol. The zero-order chi connectivity index (χ0) is 9.97. The number of nitrogens with one attached hydrogen (secondary N) is 1. The number of likely N-dealkylation sites (tertiary alicyclic amines) is 1. The second-order valence-electron chi connectivity index (χ2n) is 4.85. The molecule has 0 aromatic carbocycles. The fourth-order valence-electron chi connectivity index (χ4n) is 2.69. The number of piperidine rings is 1. The highest BCUT2D eigenvalue weighted by molar-refractivity contribution is 4.85. The van der Waals surface area contributed by atoms with Crippen LogP contribution in [0.1, 0.15) is 19.3 Å². The maximum atomic E-state index is 3.45. The zero-order valence-electron chi connectivity index (χ0n) is 9.50. The fourth-order valence-corrected chi connectivity index (χ4v) is 2.69. The molecule has 0 bridgehead atoms. The van der Waals surface area contributed by atoms with E-state index in [1.807, 2.05) is 0 Å². The first kappa shape index (κ1) is 10.4. The highest BCUT2D eigenvalue weighted by Crippen LogP contribution is 2.18. The minimum Gasteiger partial charge on any atom is -0.315 e. The van der Waals surface area contributed by atoms with Crippen LogP contribution in [-0.4, -0.2) is 62.2 Å². The van der Waals surface area contributed by atoms with Crippen molar-refractivity contribution in [3.63, 3.8) is 0 Å². The molecule has 2 aliphatic heterocycles. The van der Waals surface area contributed by atoms with Crippen LogP contribution in [0, 0.1) is 0 Å². The predicted molar refractivity (Wildman–Crippen MR) is 59.6 cm³/mol. The van der Waals surface area contributed by atoms with Crippen molar-refractivity contribution in [1.29, 1.82) is 0 Å². The molecule has 14 heavy (non-hydrogen) atoms. The van der Waals surface area contributed by atoms with Gasteiger partial charge in [-0.3, -0.25) is 4.90 Å². The van der Waals surface area contributed by atoms with E-state index in [4.69, 9.17) is 0 Å². The summed E-state index contributed by atoms with van der Waals surface area (Å²) in [6, 6.07) is 1.62. The van der Waals surface area contributed by atoms with Crippen LogP contribution in [-0.2, 0) is 0 Å². The van der Waals surface area contributed by atoms with E-state index in [1.165, 1.54) is 45.4 Å². The van der Waals surface area contributed by atoms with E-state index in [0.29, 0.717) is 0 Å². The molecule has 2 fully saturated rings. The Morgan fingerprint density at radius 2 is 1.86 bits per heavy atom. The Hall–Kier alpha value is -0.120. The van der Waals surface area contributed by atoms with E-state index in [9.17, 15) is 0 Å².